The molecular formula is C16H23N3. The topological polar surface area (TPSA) is 39.1 Å². The Morgan fingerprint density at radius 2 is 2.11 bits per heavy atom. The molecule has 3 nitrogen and oxygen atoms in total. The van der Waals surface area contributed by atoms with E-state index in [4.69, 9.17) is 5.26 Å². The van der Waals surface area contributed by atoms with Gasteiger partial charge in [0.1, 0.15) is 0 Å². The highest BCUT2D eigenvalue weighted by Gasteiger charge is 2.26. The van der Waals surface area contributed by atoms with Crippen molar-refractivity contribution in [3.8, 4) is 6.07 Å². The predicted octanol–water partition coefficient (Wildman–Crippen LogP) is 2.05. The van der Waals surface area contributed by atoms with Gasteiger partial charge in [-0.2, -0.15) is 5.26 Å². The van der Waals surface area contributed by atoms with Gasteiger partial charge >= 0.3 is 0 Å². The van der Waals surface area contributed by atoms with Crippen LogP contribution in [0.25, 0.3) is 0 Å². The summed E-state index contributed by atoms with van der Waals surface area (Å²) in [6.07, 6.45) is 2.33. The van der Waals surface area contributed by atoms with Crippen LogP contribution in [0.3, 0.4) is 0 Å². The van der Waals surface area contributed by atoms with Crippen LogP contribution in [-0.2, 0) is 6.42 Å². The van der Waals surface area contributed by atoms with Gasteiger partial charge in [0.25, 0.3) is 0 Å². The molecule has 0 aliphatic carbocycles. The van der Waals surface area contributed by atoms with Gasteiger partial charge in [-0.1, -0.05) is 37.3 Å². The van der Waals surface area contributed by atoms with E-state index >= 15 is 0 Å². The Labute approximate surface area is 116 Å². The Morgan fingerprint density at radius 1 is 1.32 bits per heavy atom. The summed E-state index contributed by atoms with van der Waals surface area (Å²) in [5.41, 5.74) is 1.40. The maximum Gasteiger partial charge on any atom is 0.0866 e. The second kappa shape index (κ2) is 7.28. The first kappa shape index (κ1) is 14.0. The molecular weight excluding hydrogens is 234 g/mol. The first-order chi connectivity index (χ1) is 9.31. The van der Waals surface area contributed by atoms with Crippen molar-refractivity contribution in [3.63, 3.8) is 0 Å². The highest BCUT2D eigenvalue weighted by atomic mass is 15.2. The second-order valence-corrected chi connectivity index (χ2v) is 5.40. The molecule has 0 radical (unpaired) electrons. The van der Waals surface area contributed by atoms with E-state index in [2.05, 4.69) is 53.5 Å². The van der Waals surface area contributed by atoms with Crippen LogP contribution in [0.15, 0.2) is 30.3 Å². The number of nitrogens with one attached hydrogen (secondary N) is 1. The first-order valence-corrected chi connectivity index (χ1v) is 7.18. The minimum absolute atomic E-state index is 0.529. The maximum atomic E-state index is 8.90. The molecule has 1 aromatic carbocycles. The molecule has 3 heteroatoms. The lowest BCUT2D eigenvalue weighted by atomic mass is 9.88. The smallest absolute Gasteiger partial charge is 0.0866 e. The fourth-order valence-corrected chi connectivity index (χ4v) is 3.06. The van der Waals surface area contributed by atoms with Crippen LogP contribution >= 0.6 is 0 Å². The average Bonchev–Trinajstić information content (AvgIpc) is 2.40. The zero-order chi connectivity index (χ0) is 13.5. The number of piperidine rings is 1. The predicted molar refractivity (Wildman–Crippen MR) is 77.8 cm³/mol. The average molecular weight is 257 g/mol. The maximum absolute atomic E-state index is 8.90. The lowest BCUT2D eigenvalue weighted by Crippen LogP contribution is -2.49. The SMILES string of the molecule is CCNC1CC(Cc2ccccc2)CN(CC#N)C1. The quantitative estimate of drug-likeness (QED) is 0.821. The third-order valence-corrected chi connectivity index (χ3v) is 3.77. The van der Waals surface area contributed by atoms with E-state index in [1.165, 1.54) is 12.0 Å². The fraction of sp³-hybridized carbons (Fsp3) is 0.562. The van der Waals surface area contributed by atoms with E-state index in [-0.39, 0.29) is 0 Å². The van der Waals surface area contributed by atoms with Gasteiger partial charge in [0.15, 0.2) is 0 Å². The van der Waals surface area contributed by atoms with Gasteiger partial charge in [-0.05, 0) is 30.9 Å². The number of rotatable bonds is 5. The molecule has 1 heterocycles. The van der Waals surface area contributed by atoms with Crippen molar-refractivity contribution in [2.45, 2.75) is 25.8 Å². The van der Waals surface area contributed by atoms with E-state index in [0.717, 1.165) is 26.1 Å². The fourth-order valence-electron chi connectivity index (χ4n) is 3.06. The Kier molecular flexibility index (Phi) is 5.38. The van der Waals surface area contributed by atoms with Crippen molar-refractivity contribution in [3.05, 3.63) is 35.9 Å². The lowest BCUT2D eigenvalue weighted by Gasteiger charge is -2.37. The molecule has 2 rings (SSSR count). The molecule has 0 amide bonds. The van der Waals surface area contributed by atoms with Crippen LogP contribution in [-0.4, -0.2) is 37.1 Å². The number of hydrogen-bond donors (Lipinski definition) is 1. The number of likely N-dealkylation sites (tertiary alicyclic amines) is 1. The lowest BCUT2D eigenvalue weighted by molar-refractivity contribution is 0.156. The second-order valence-electron chi connectivity index (χ2n) is 5.40. The van der Waals surface area contributed by atoms with Crippen LogP contribution in [0.1, 0.15) is 18.9 Å². The van der Waals surface area contributed by atoms with Gasteiger partial charge in [0, 0.05) is 19.1 Å². The molecule has 1 aliphatic heterocycles. The van der Waals surface area contributed by atoms with Crippen LogP contribution < -0.4 is 5.32 Å². The minimum atomic E-state index is 0.529. The van der Waals surface area contributed by atoms with Crippen molar-refractivity contribution >= 4 is 0 Å². The van der Waals surface area contributed by atoms with Crippen molar-refractivity contribution in [1.29, 1.82) is 5.26 Å². The summed E-state index contributed by atoms with van der Waals surface area (Å²) < 4.78 is 0. The molecule has 0 aromatic heterocycles. The highest BCUT2D eigenvalue weighted by Crippen LogP contribution is 2.21. The van der Waals surface area contributed by atoms with E-state index in [0.29, 0.717) is 18.5 Å². The summed E-state index contributed by atoms with van der Waals surface area (Å²) in [4.78, 5) is 2.28. The van der Waals surface area contributed by atoms with Crippen molar-refractivity contribution in [2.24, 2.45) is 5.92 Å². The van der Waals surface area contributed by atoms with Crippen molar-refractivity contribution < 1.29 is 0 Å². The molecule has 0 bridgehead atoms. The van der Waals surface area contributed by atoms with Gasteiger partial charge in [-0.3, -0.25) is 4.90 Å². The molecule has 19 heavy (non-hydrogen) atoms. The number of likely N-dealkylation sites (N-methyl/N-ethyl adjacent to an activating group) is 1. The van der Waals surface area contributed by atoms with Gasteiger partial charge in [-0.25, -0.2) is 0 Å². The minimum Gasteiger partial charge on any atom is -0.313 e. The Hall–Kier alpha value is -1.37. The summed E-state index contributed by atoms with van der Waals surface area (Å²) in [6.45, 7) is 5.75. The molecule has 0 saturated carbocycles. The summed E-state index contributed by atoms with van der Waals surface area (Å²) in [7, 11) is 0. The van der Waals surface area contributed by atoms with Crippen LogP contribution in [0, 0.1) is 17.2 Å². The summed E-state index contributed by atoms with van der Waals surface area (Å²) in [5.74, 6) is 0.647. The Balaban J connectivity index is 1.96. The van der Waals surface area contributed by atoms with E-state index in [1.807, 2.05) is 0 Å². The van der Waals surface area contributed by atoms with E-state index in [1.54, 1.807) is 0 Å². The first-order valence-electron chi connectivity index (χ1n) is 7.18. The van der Waals surface area contributed by atoms with Gasteiger partial charge in [-0.15, -0.1) is 0 Å². The molecule has 2 unspecified atom stereocenters. The standard InChI is InChI=1S/C16H23N3/c1-2-18-16-11-15(12-19(13-16)9-8-17)10-14-6-4-3-5-7-14/h3-7,15-16,18H,2,9-13H2,1H3. The normalized spacial score (nSPS) is 24.0. The zero-order valence-electron chi connectivity index (χ0n) is 11.7. The zero-order valence-corrected chi connectivity index (χ0v) is 11.7. The van der Waals surface area contributed by atoms with E-state index in [9.17, 15) is 0 Å². The Morgan fingerprint density at radius 3 is 2.79 bits per heavy atom. The molecule has 1 N–H and O–H groups in total. The third kappa shape index (κ3) is 4.34. The van der Waals surface area contributed by atoms with Crippen LogP contribution in [0.5, 0.6) is 0 Å². The van der Waals surface area contributed by atoms with Crippen LogP contribution in [0.2, 0.25) is 0 Å². The number of benzene rings is 1. The van der Waals surface area contributed by atoms with Gasteiger partial charge in [0.05, 0.1) is 12.6 Å². The third-order valence-electron chi connectivity index (χ3n) is 3.77. The number of nitrogens with zero attached hydrogens (tertiary/aromatic N) is 2. The summed E-state index contributed by atoms with van der Waals surface area (Å²) in [5, 5.41) is 12.4. The van der Waals surface area contributed by atoms with Gasteiger partial charge < -0.3 is 5.32 Å². The molecule has 102 valence electrons. The molecule has 1 aliphatic rings. The van der Waals surface area contributed by atoms with Crippen LogP contribution in [0.4, 0.5) is 0 Å². The van der Waals surface area contributed by atoms with Crippen molar-refractivity contribution in [1.82, 2.24) is 10.2 Å². The number of nitriles is 1. The highest BCUT2D eigenvalue weighted by molar-refractivity contribution is 5.15. The molecule has 1 saturated heterocycles. The van der Waals surface area contributed by atoms with Crippen molar-refractivity contribution in [2.75, 3.05) is 26.2 Å². The summed E-state index contributed by atoms with van der Waals surface area (Å²) >= 11 is 0. The molecule has 1 aromatic rings. The van der Waals surface area contributed by atoms with Gasteiger partial charge in [0.2, 0.25) is 0 Å². The number of hydrogen-bond acceptors (Lipinski definition) is 3. The molecule has 0 spiro atoms. The van der Waals surface area contributed by atoms with E-state index < -0.39 is 0 Å². The molecule has 2 atom stereocenters. The molecule has 1 fully saturated rings. The largest absolute Gasteiger partial charge is 0.313 e. The Bertz CT molecular complexity index is 410. The summed E-state index contributed by atoms with van der Waals surface area (Å²) in [6, 6.07) is 13.5. The monoisotopic (exact) mass is 257 g/mol.